The van der Waals surface area contributed by atoms with Gasteiger partial charge in [-0.05, 0) is 29.1 Å². The Balaban J connectivity index is 1.65. The van der Waals surface area contributed by atoms with Crippen molar-refractivity contribution in [1.82, 2.24) is 15.5 Å². The highest BCUT2D eigenvalue weighted by atomic mass is 32.1. The maximum Gasteiger partial charge on any atom is 0.324 e. The lowest BCUT2D eigenvalue weighted by Crippen LogP contribution is -2.30. The molecule has 2 N–H and O–H groups in total. The minimum atomic E-state index is -0.400. The molecule has 0 atom stereocenters. The van der Waals surface area contributed by atoms with Crippen LogP contribution in [0.4, 0.5) is 4.79 Å². The van der Waals surface area contributed by atoms with Crippen molar-refractivity contribution in [2.75, 3.05) is 6.54 Å². The Morgan fingerprint density at radius 2 is 2.13 bits per heavy atom. The number of nitrogens with one attached hydrogen (secondary N) is 2. The number of carbonyl (C=O) groups is 3. The number of benzene rings is 1. The molecule has 6 nitrogen and oxygen atoms in total. The van der Waals surface area contributed by atoms with Crippen molar-refractivity contribution in [3.8, 4) is 0 Å². The minimum Gasteiger partial charge on any atom is -0.347 e. The molecular formula is C16H15N3O3S. The van der Waals surface area contributed by atoms with Gasteiger partial charge < -0.3 is 10.6 Å². The maximum atomic E-state index is 12.2. The van der Waals surface area contributed by atoms with E-state index in [1.165, 1.54) is 0 Å². The molecule has 2 heterocycles. The van der Waals surface area contributed by atoms with Crippen molar-refractivity contribution in [2.24, 2.45) is 0 Å². The lowest BCUT2D eigenvalue weighted by atomic mass is 10.1. The first-order chi connectivity index (χ1) is 11.1. The van der Waals surface area contributed by atoms with E-state index in [2.05, 4.69) is 10.6 Å². The highest BCUT2D eigenvalue weighted by Crippen LogP contribution is 2.12. The molecule has 1 aromatic heterocycles. The van der Waals surface area contributed by atoms with Crippen LogP contribution in [0.5, 0.6) is 0 Å². The molecular weight excluding hydrogens is 314 g/mol. The van der Waals surface area contributed by atoms with Crippen LogP contribution in [0.3, 0.4) is 0 Å². The average molecular weight is 329 g/mol. The number of rotatable bonds is 5. The maximum absolute atomic E-state index is 12.2. The fourth-order valence-corrected chi connectivity index (χ4v) is 2.94. The predicted molar refractivity (Wildman–Crippen MR) is 85.9 cm³/mol. The van der Waals surface area contributed by atoms with E-state index in [0.29, 0.717) is 12.1 Å². The molecule has 1 fully saturated rings. The monoisotopic (exact) mass is 329 g/mol. The van der Waals surface area contributed by atoms with Gasteiger partial charge in [0, 0.05) is 10.4 Å². The number of hydrogen-bond acceptors (Lipinski definition) is 4. The molecule has 7 heteroatoms. The third-order valence-corrected chi connectivity index (χ3v) is 4.35. The molecule has 0 radical (unpaired) electrons. The number of amides is 4. The Hall–Kier alpha value is -2.67. The molecule has 23 heavy (non-hydrogen) atoms. The van der Waals surface area contributed by atoms with Crippen molar-refractivity contribution in [2.45, 2.75) is 13.1 Å². The van der Waals surface area contributed by atoms with E-state index in [4.69, 9.17) is 0 Å². The zero-order valence-electron chi connectivity index (χ0n) is 12.2. The first-order valence-corrected chi connectivity index (χ1v) is 7.99. The second-order valence-electron chi connectivity index (χ2n) is 5.10. The van der Waals surface area contributed by atoms with Crippen LogP contribution >= 0.6 is 11.3 Å². The normalized spacial score (nSPS) is 14.0. The highest BCUT2D eigenvalue weighted by Gasteiger charge is 2.28. The summed E-state index contributed by atoms with van der Waals surface area (Å²) in [4.78, 5) is 37.6. The average Bonchev–Trinajstić information content (AvgIpc) is 3.18. The van der Waals surface area contributed by atoms with Crippen LogP contribution in [0.1, 0.15) is 20.8 Å². The van der Waals surface area contributed by atoms with Gasteiger partial charge in [0.25, 0.3) is 5.91 Å². The van der Waals surface area contributed by atoms with E-state index in [-0.39, 0.29) is 24.9 Å². The summed E-state index contributed by atoms with van der Waals surface area (Å²) in [5.41, 5.74) is 1.24. The Kier molecular flexibility index (Phi) is 4.38. The SMILES string of the molecule is O=C(NCc1cccs1)c1cccc(CN2C(=O)CNC2=O)c1. The van der Waals surface area contributed by atoms with Crippen LogP contribution in [0.2, 0.25) is 0 Å². The van der Waals surface area contributed by atoms with Gasteiger partial charge in [0.15, 0.2) is 0 Å². The van der Waals surface area contributed by atoms with Crippen molar-refractivity contribution in [3.05, 3.63) is 57.8 Å². The standard InChI is InChI=1S/C16H15N3O3S/c20-14-9-18-16(22)19(14)10-11-3-1-4-12(7-11)15(21)17-8-13-5-2-6-23-13/h1-7H,8-10H2,(H,17,21)(H,18,22). The molecule has 0 saturated carbocycles. The van der Waals surface area contributed by atoms with Crippen LogP contribution in [0.25, 0.3) is 0 Å². The van der Waals surface area contributed by atoms with Crippen LogP contribution in [0, 0.1) is 0 Å². The summed E-state index contributed by atoms with van der Waals surface area (Å²) in [6.45, 7) is 0.671. The van der Waals surface area contributed by atoms with Gasteiger partial charge in [-0.25, -0.2) is 4.79 Å². The van der Waals surface area contributed by atoms with Crippen molar-refractivity contribution in [1.29, 1.82) is 0 Å². The summed E-state index contributed by atoms with van der Waals surface area (Å²) in [5, 5.41) is 7.28. The zero-order chi connectivity index (χ0) is 16.2. The molecule has 118 valence electrons. The van der Waals surface area contributed by atoms with Crippen molar-refractivity contribution in [3.63, 3.8) is 0 Å². The predicted octanol–water partition coefficient (Wildman–Crippen LogP) is 1.73. The van der Waals surface area contributed by atoms with Gasteiger partial charge in [0.1, 0.15) is 0 Å². The second-order valence-corrected chi connectivity index (χ2v) is 6.13. The summed E-state index contributed by atoms with van der Waals surface area (Å²) >= 11 is 1.58. The van der Waals surface area contributed by atoms with Crippen molar-refractivity contribution < 1.29 is 14.4 Å². The molecule has 3 rings (SSSR count). The summed E-state index contributed by atoms with van der Waals surface area (Å²) in [6, 6.07) is 10.4. The molecule has 2 aromatic rings. The quantitative estimate of drug-likeness (QED) is 0.820. The Morgan fingerprint density at radius 3 is 2.83 bits per heavy atom. The number of thiophene rings is 1. The number of urea groups is 1. The lowest BCUT2D eigenvalue weighted by molar-refractivity contribution is -0.125. The molecule has 1 aliphatic heterocycles. The highest BCUT2D eigenvalue weighted by molar-refractivity contribution is 7.09. The molecule has 0 bridgehead atoms. The molecule has 1 aliphatic rings. The summed E-state index contributed by atoms with van der Waals surface area (Å²) in [5.74, 6) is -0.444. The Bertz CT molecular complexity index is 727. The van der Waals surface area contributed by atoms with Gasteiger partial charge in [-0.3, -0.25) is 14.5 Å². The van der Waals surface area contributed by atoms with Crippen LogP contribution in [-0.4, -0.2) is 29.3 Å². The third-order valence-electron chi connectivity index (χ3n) is 3.47. The van der Waals surface area contributed by atoms with Gasteiger partial charge in [-0.1, -0.05) is 18.2 Å². The minimum absolute atomic E-state index is 0.0276. The van der Waals surface area contributed by atoms with E-state index in [1.54, 1.807) is 35.6 Å². The fraction of sp³-hybridized carbons (Fsp3) is 0.188. The van der Waals surface area contributed by atoms with Crippen LogP contribution in [0.15, 0.2) is 41.8 Å². The number of hydrogen-bond donors (Lipinski definition) is 2. The number of imide groups is 1. The first-order valence-electron chi connectivity index (χ1n) is 7.11. The molecule has 1 saturated heterocycles. The van der Waals surface area contributed by atoms with E-state index >= 15 is 0 Å². The van der Waals surface area contributed by atoms with E-state index in [1.807, 2.05) is 17.5 Å². The fourth-order valence-electron chi connectivity index (χ4n) is 2.29. The smallest absolute Gasteiger partial charge is 0.324 e. The van der Waals surface area contributed by atoms with E-state index < -0.39 is 6.03 Å². The third kappa shape index (κ3) is 3.57. The van der Waals surface area contributed by atoms with Gasteiger partial charge in [-0.2, -0.15) is 0 Å². The Labute approximate surface area is 137 Å². The van der Waals surface area contributed by atoms with E-state index in [9.17, 15) is 14.4 Å². The van der Waals surface area contributed by atoms with Gasteiger partial charge >= 0.3 is 6.03 Å². The second kappa shape index (κ2) is 6.62. The van der Waals surface area contributed by atoms with Gasteiger partial charge in [-0.15, -0.1) is 11.3 Å². The van der Waals surface area contributed by atoms with Gasteiger partial charge in [0.05, 0.1) is 19.6 Å². The largest absolute Gasteiger partial charge is 0.347 e. The number of carbonyl (C=O) groups excluding carboxylic acids is 3. The first kappa shape index (κ1) is 15.2. The molecule has 0 spiro atoms. The molecule has 0 aliphatic carbocycles. The summed E-state index contributed by atoms with van der Waals surface area (Å²) in [6.07, 6.45) is 0. The van der Waals surface area contributed by atoms with Crippen LogP contribution in [-0.2, 0) is 17.9 Å². The van der Waals surface area contributed by atoms with Crippen LogP contribution < -0.4 is 10.6 Å². The molecule has 0 unspecified atom stereocenters. The summed E-state index contributed by atoms with van der Waals surface area (Å²) in [7, 11) is 0. The van der Waals surface area contributed by atoms with Crippen molar-refractivity contribution >= 4 is 29.2 Å². The molecule has 4 amide bonds. The van der Waals surface area contributed by atoms with Gasteiger partial charge in [0.2, 0.25) is 5.91 Å². The topological polar surface area (TPSA) is 78.5 Å². The zero-order valence-corrected chi connectivity index (χ0v) is 13.1. The Morgan fingerprint density at radius 1 is 1.26 bits per heavy atom. The lowest BCUT2D eigenvalue weighted by Gasteiger charge is -2.13. The van der Waals surface area contributed by atoms with E-state index in [0.717, 1.165) is 15.3 Å². The summed E-state index contributed by atoms with van der Waals surface area (Å²) < 4.78 is 0. The molecule has 1 aromatic carbocycles. The number of nitrogens with zero attached hydrogens (tertiary/aromatic N) is 1.